The van der Waals surface area contributed by atoms with Gasteiger partial charge in [-0.2, -0.15) is 5.26 Å². The Bertz CT molecular complexity index is 949. The third kappa shape index (κ3) is 5.24. The molecule has 0 aromatic heterocycles. The van der Waals surface area contributed by atoms with Gasteiger partial charge in [0.25, 0.3) is 0 Å². The molecule has 6 heteroatoms. The molecule has 1 aliphatic heterocycles. The van der Waals surface area contributed by atoms with Crippen LogP contribution >= 0.6 is 0 Å². The Balaban J connectivity index is 1.85. The van der Waals surface area contributed by atoms with E-state index in [0.717, 1.165) is 24.0 Å². The number of ether oxygens (including phenoxy) is 2. The summed E-state index contributed by atoms with van der Waals surface area (Å²) in [5, 5.41) is 8.93. The predicted octanol–water partition coefficient (Wildman–Crippen LogP) is 4.39. The highest BCUT2D eigenvalue weighted by molar-refractivity contribution is 5.82. The molecule has 2 aromatic carbocycles. The summed E-state index contributed by atoms with van der Waals surface area (Å²) < 4.78 is 11.2. The second-order valence-corrected chi connectivity index (χ2v) is 7.69. The van der Waals surface area contributed by atoms with Gasteiger partial charge in [-0.1, -0.05) is 43.7 Å². The number of hydrogen-bond donors (Lipinski definition) is 0. The van der Waals surface area contributed by atoms with E-state index < -0.39 is 12.0 Å². The normalized spacial score (nSPS) is 18.4. The minimum atomic E-state index is -0.468. The molecule has 0 aliphatic carbocycles. The molecule has 0 spiro atoms. The van der Waals surface area contributed by atoms with Crippen LogP contribution in [-0.4, -0.2) is 30.4 Å². The van der Waals surface area contributed by atoms with Crippen molar-refractivity contribution in [2.45, 2.75) is 45.3 Å². The molecule has 0 bridgehead atoms. The number of carbonyl (C=O) groups is 2. The van der Waals surface area contributed by atoms with Crippen molar-refractivity contribution in [1.29, 1.82) is 5.26 Å². The zero-order chi connectivity index (χ0) is 22.2. The van der Waals surface area contributed by atoms with Crippen LogP contribution in [0.1, 0.15) is 55.3 Å². The summed E-state index contributed by atoms with van der Waals surface area (Å²) >= 11 is 0. The fraction of sp³-hybridized carbons (Fsp3) is 0.400. The van der Waals surface area contributed by atoms with E-state index in [-0.39, 0.29) is 18.5 Å². The van der Waals surface area contributed by atoms with Gasteiger partial charge >= 0.3 is 5.97 Å². The summed E-state index contributed by atoms with van der Waals surface area (Å²) in [6.07, 6.45) is 2.59. The van der Waals surface area contributed by atoms with Crippen molar-refractivity contribution < 1.29 is 19.1 Å². The molecule has 0 unspecified atom stereocenters. The smallest absolute Gasteiger partial charge is 0.311 e. The number of nitriles is 1. The van der Waals surface area contributed by atoms with Crippen LogP contribution in [0.2, 0.25) is 0 Å². The molecular formula is C25H28N2O4. The maximum absolute atomic E-state index is 13.2. The van der Waals surface area contributed by atoms with Crippen LogP contribution in [0.25, 0.3) is 0 Å². The van der Waals surface area contributed by atoms with Crippen molar-refractivity contribution in [3.05, 3.63) is 65.2 Å². The number of para-hydroxylation sites is 1. The fourth-order valence-corrected chi connectivity index (χ4v) is 4.02. The van der Waals surface area contributed by atoms with Crippen molar-refractivity contribution in [3.8, 4) is 11.8 Å². The molecular weight excluding hydrogens is 392 g/mol. The van der Waals surface area contributed by atoms with E-state index >= 15 is 0 Å². The molecule has 31 heavy (non-hydrogen) atoms. The van der Waals surface area contributed by atoms with E-state index in [0.29, 0.717) is 30.7 Å². The molecule has 0 radical (unpaired) electrons. The van der Waals surface area contributed by atoms with Gasteiger partial charge in [0.2, 0.25) is 5.91 Å². The van der Waals surface area contributed by atoms with E-state index in [1.807, 2.05) is 29.2 Å². The number of unbranched alkanes of at least 4 members (excludes halogenated alkanes) is 1. The lowest BCUT2D eigenvalue weighted by atomic mass is 9.83. The van der Waals surface area contributed by atoms with E-state index in [1.54, 1.807) is 31.4 Å². The van der Waals surface area contributed by atoms with Gasteiger partial charge in [-0.3, -0.25) is 9.59 Å². The molecule has 1 saturated heterocycles. The molecule has 1 amide bonds. The van der Waals surface area contributed by atoms with E-state index in [4.69, 9.17) is 14.7 Å². The molecule has 3 rings (SSSR count). The van der Waals surface area contributed by atoms with Crippen LogP contribution in [-0.2, 0) is 20.9 Å². The molecule has 1 aliphatic rings. The highest BCUT2D eigenvalue weighted by Gasteiger charge is 2.42. The Hall–Kier alpha value is -3.33. The van der Waals surface area contributed by atoms with Crippen molar-refractivity contribution in [1.82, 2.24) is 4.90 Å². The molecule has 6 nitrogen and oxygen atoms in total. The first kappa shape index (κ1) is 22.4. The molecule has 162 valence electrons. The Morgan fingerprint density at radius 1 is 1.19 bits per heavy atom. The lowest BCUT2D eigenvalue weighted by Crippen LogP contribution is -2.46. The number of methoxy groups -OCH3 is 1. The van der Waals surface area contributed by atoms with Crippen LogP contribution in [0.3, 0.4) is 0 Å². The first-order valence-electron chi connectivity index (χ1n) is 10.7. The van der Waals surface area contributed by atoms with Crippen LogP contribution in [0, 0.1) is 17.2 Å². The van der Waals surface area contributed by atoms with Gasteiger partial charge < -0.3 is 14.4 Å². The number of esters is 1. The Morgan fingerprint density at radius 2 is 1.94 bits per heavy atom. The van der Waals surface area contributed by atoms with Gasteiger partial charge in [0, 0.05) is 18.5 Å². The zero-order valence-electron chi connectivity index (χ0n) is 18.0. The summed E-state index contributed by atoms with van der Waals surface area (Å²) in [5.74, 6) is -0.0763. The highest BCUT2D eigenvalue weighted by atomic mass is 16.5. The number of nitrogens with zero attached hydrogens (tertiary/aromatic N) is 2. The Morgan fingerprint density at radius 3 is 2.61 bits per heavy atom. The molecule has 0 saturated carbocycles. The van der Waals surface area contributed by atoms with Crippen molar-refractivity contribution in [2.75, 3.05) is 13.7 Å². The van der Waals surface area contributed by atoms with Gasteiger partial charge in [0.1, 0.15) is 12.4 Å². The van der Waals surface area contributed by atoms with Gasteiger partial charge in [0.05, 0.1) is 30.7 Å². The second-order valence-electron chi connectivity index (χ2n) is 7.69. The summed E-state index contributed by atoms with van der Waals surface area (Å²) in [6, 6.07) is 16.2. The summed E-state index contributed by atoms with van der Waals surface area (Å²) in [7, 11) is 1.60. The monoisotopic (exact) mass is 420 g/mol. The fourth-order valence-electron chi connectivity index (χ4n) is 4.02. The van der Waals surface area contributed by atoms with E-state index in [1.165, 1.54) is 0 Å². The molecule has 0 N–H and O–H groups in total. The van der Waals surface area contributed by atoms with Crippen LogP contribution in [0.4, 0.5) is 0 Å². The van der Waals surface area contributed by atoms with Crippen LogP contribution in [0.5, 0.6) is 5.75 Å². The average Bonchev–Trinajstić information content (AvgIpc) is 2.81. The Labute approximate surface area is 183 Å². The lowest BCUT2D eigenvalue weighted by molar-refractivity contribution is -0.158. The molecule has 2 aromatic rings. The van der Waals surface area contributed by atoms with Gasteiger partial charge in [-0.05, 0) is 36.6 Å². The second kappa shape index (κ2) is 10.6. The quantitative estimate of drug-likeness (QED) is 0.592. The van der Waals surface area contributed by atoms with E-state index in [2.05, 4.69) is 13.0 Å². The van der Waals surface area contributed by atoms with Crippen molar-refractivity contribution in [2.24, 2.45) is 5.92 Å². The highest BCUT2D eigenvalue weighted by Crippen LogP contribution is 2.41. The average molecular weight is 421 g/mol. The summed E-state index contributed by atoms with van der Waals surface area (Å²) in [5.41, 5.74) is 2.20. The minimum Gasteiger partial charge on any atom is -0.496 e. The van der Waals surface area contributed by atoms with Crippen molar-refractivity contribution in [3.63, 3.8) is 0 Å². The van der Waals surface area contributed by atoms with E-state index in [9.17, 15) is 9.59 Å². The maximum Gasteiger partial charge on any atom is 0.311 e. The van der Waals surface area contributed by atoms with Crippen LogP contribution < -0.4 is 4.74 Å². The number of carbonyl (C=O) groups excluding carboxylic acids is 2. The first-order chi connectivity index (χ1) is 15.1. The SMILES string of the molecule is CCCCN1C(=O)CC[C@@H](C(=O)OCc2ccc(C#N)cc2)[C@H]1c1ccccc1OC. The number of rotatable bonds is 8. The summed E-state index contributed by atoms with van der Waals surface area (Å²) in [4.78, 5) is 27.8. The number of benzene rings is 2. The van der Waals surface area contributed by atoms with Crippen LogP contribution in [0.15, 0.2) is 48.5 Å². The zero-order valence-corrected chi connectivity index (χ0v) is 18.0. The molecule has 2 atom stereocenters. The standard InChI is InChI=1S/C25H28N2O4/c1-3-4-15-27-23(28)14-13-21(24(27)20-7-5-6-8-22(20)30-2)25(29)31-17-19-11-9-18(16-26)10-12-19/h5-12,21,24H,3-4,13-15,17H2,1-2H3/t21-,24-/m1/s1. The summed E-state index contributed by atoms with van der Waals surface area (Å²) in [6.45, 7) is 2.80. The topological polar surface area (TPSA) is 79.6 Å². The predicted molar refractivity (Wildman–Crippen MR) is 116 cm³/mol. The van der Waals surface area contributed by atoms with Crippen molar-refractivity contribution >= 4 is 11.9 Å². The van der Waals surface area contributed by atoms with Gasteiger partial charge in [-0.15, -0.1) is 0 Å². The Kier molecular flexibility index (Phi) is 7.66. The number of amides is 1. The number of likely N-dealkylation sites (tertiary alicyclic amines) is 1. The lowest BCUT2D eigenvalue weighted by Gasteiger charge is -2.41. The van der Waals surface area contributed by atoms with Gasteiger partial charge in [-0.25, -0.2) is 0 Å². The molecule has 1 fully saturated rings. The minimum absolute atomic E-state index is 0.0560. The largest absolute Gasteiger partial charge is 0.496 e. The molecule has 1 heterocycles. The third-order valence-corrected chi connectivity index (χ3v) is 5.68. The number of hydrogen-bond acceptors (Lipinski definition) is 5. The van der Waals surface area contributed by atoms with Gasteiger partial charge in [0.15, 0.2) is 0 Å². The number of piperidine rings is 1. The maximum atomic E-state index is 13.2. The third-order valence-electron chi connectivity index (χ3n) is 5.68. The first-order valence-corrected chi connectivity index (χ1v) is 10.7.